The summed E-state index contributed by atoms with van der Waals surface area (Å²) >= 11 is 0. The summed E-state index contributed by atoms with van der Waals surface area (Å²) in [6, 6.07) is -0.130. The average Bonchev–Trinajstić information content (AvgIpc) is 2.13. The Morgan fingerprint density at radius 3 is 2.65 bits per heavy atom. The number of nitrogens with one attached hydrogen (secondary N) is 1. The number of hydrogen-bond acceptors (Lipinski definition) is 3. The van der Waals surface area contributed by atoms with E-state index in [0.717, 1.165) is 6.42 Å². The van der Waals surface area contributed by atoms with Crippen molar-refractivity contribution in [2.75, 3.05) is 0 Å². The van der Waals surface area contributed by atoms with Gasteiger partial charge in [0.25, 0.3) is 0 Å². The molecule has 0 aliphatic heterocycles. The number of alkyl carbamates (subject to hydrolysis) is 1. The third-order valence-corrected chi connectivity index (χ3v) is 2.61. The molecule has 1 aliphatic rings. The number of hydrogen-bond donors (Lipinski definition) is 1. The minimum atomic E-state index is -0.513. The van der Waals surface area contributed by atoms with Gasteiger partial charge in [-0.05, 0) is 33.1 Å². The Kier molecular flexibility index (Phi) is 4.32. The van der Waals surface area contributed by atoms with Gasteiger partial charge in [-0.2, -0.15) is 0 Å². The van der Waals surface area contributed by atoms with Crippen LogP contribution in [0.25, 0.3) is 0 Å². The fourth-order valence-corrected chi connectivity index (χ4v) is 1.95. The predicted octanol–water partition coefficient (Wildman–Crippen LogP) is 2.43. The van der Waals surface area contributed by atoms with Crippen LogP contribution in [0, 0.1) is 5.92 Å². The Morgan fingerprint density at radius 2 is 2.12 bits per heavy atom. The lowest BCUT2D eigenvalue weighted by Crippen LogP contribution is -2.43. The minimum Gasteiger partial charge on any atom is -0.444 e. The highest BCUT2D eigenvalue weighted by molar-refractivity contribution is 5.81. The quantitative estimate of drug-likeness (QED) is 0.753. The number of ketones is 1. The van der Waals surface area contributed by atoms with E-state index in [-0.39, 0.29) is 17.7 Å². The summed E-state index contributed by atoms with van der Waals surface area (Å²) in [7, 11) is 0. The first-order valence-corrected chi connectivity index (χ1v) is 5.94. The van der Waals surface area contributed by atoms with Crippen molar-refractivity contribution in [3.63, 3.8) is 0 Å². The molecule has 0 bridgehead atoms. The van der Waals surface area contributed by atoms with Crippen molar-refractivity contribution in [2.45, 2.75) is 51.7 Å². The molecule has 0 aromatic heterocycles. The van der Waals surface area contributed by atoms with Gasteiger partial charge in [-0.3, -0.25) is 4.79 Å². The number of carbonyl (C=O) groups is 2. The van der Waals surface area contributed by atoms with Crippen LogP contribution in [-0.4, -0.2) is 23.5 Å². The number of allylic oxidation sites excluding steroid dienone is 1. The molecule has 1 N–H and O–H groups in total. The number of amides is 1. The number of carbonyl (C=O) groups excluding carboxylic acids is 2. The van der Waals surface area contributed by atoms with Gasteiger partial charge in [-0.1, -0.05) is 6.08 Å². The highest BCUT2D eigenvalue weighted by Crippen LogP contribution is 2.22. The molecule has 1 aliphatic carbocycles. The molecule has 0 radical (unpaired) electrons. The third-order valence-electron chi connectivity index (χ3n) is 2.61. The largest absolute Gasteiger partial charge is 0.444 e. The summed E-state index contributed by atoms with van der Waals surface area (Å²) in [5.74, 6) is 0.332. The molecule has 1 saturated carbocycles. The first-order valence-electron chi connectivity index (χ1n) is 5.94. The predicted molar refractivity (Wildman–Crippen MR) is 65.7 cm³/mol. The lowest BCUT2D eigenvalue weighted by atomic mass is 9.85. The van der Waals surface area contributed by atoms with Crippen LogP contribution in [0.4, 0.5) is 4.79 Å². The van der Waals surface area contributed by atoms with Crippen LogP contribution in [-0.2, 0) is 9.53 Å². The first kappa shape index (κ1) is 13.7. The molecule has 0 saturated heterocycles. The summed E-state index contributed by atoms with van der Waals surface area (Å²) in [4.78, 5) is 23.0. The Hall–Kier alpha value is -1.32. The van der Waals surface area contributed by atoms with E-state index in [2.05, 4.69) is 11.9 Å². The average molecular weight is 239 g/mol. The fourth-order valence-electron chi connectivity index (χ4n) is 1.95. The van der Waals surface area contributed by atoms with Crippen LogP contribution in [0.1, 0.15) is 40.0 Å². The second kappa shape index (κ2) is 5.34. The van der Waals surface area contributed by atoms with Gasteiger partial charge in [0.1, 0.15) is 11.4 Å². The van der Waals surface area contributed by atoms with Crippen LogP contribution in [0.5, 0.6) is 0 Å². The molecule has 2 atom stereocenters. The molecule has 0 spiro atoms. The van der Waals surface area contributed by atoms with Crippen molar-refractivity contribution < 1.29 is 14.3 Å². The third kappa shape index (κ3) is 5.02. The molecule has 1 fully saturated rings. The summed E-state index contributed by atoms with van der Waals surface area (Å²) in [5.41, 5.74) is -0.513. The van der Waals surface area contributed by atoms with Crippen LogP contribution < -0.4 is 5.32 Å². The molecule has 17 heavy (non-hydrogen) atoms. The van der Waals surface area contributed by atoms with Crippen molar-refractivity contribution in [2.24, 2.45) is 5.92 Å². The van der Waals surface area contributed by atoms with Gasteiger partial charge < -0.3 is 10.1 Å². The first-order chi connectivity index (χ1) is 7.80. The summed E-state index contributed by atoms with van der Waals surface area (Å²) in [5, 5.41) is 2.74. The highest BCUT2D eigenvalue weighted by Gasteiger charge is 2.28. The molecular formula is C13H21NO3. The zero-order valence-corrected chi connectivity index (χ0v) is 10.8. The van der Waals surface area contributed by atoms with Gasteiger partial charge in [0.15, 0.2) is 0 Å². The molecule has 1 amide bonds. The van der Waals surface area contributed by atoms with Gasteiger partial charge in [0.2, 0.25) is 0 Å². The molecule has 1 rings (SSSR count). The van der Waals surface area contributed by atoms with Gasteiger partial charge in [0.05, 0.1) is 0 Å². The van der Waals surface area contributed by atoms with E-state index in [0.29, 0.717) is 12.8 Å². The monoisotopic (exact) mass is 239 g/mol. The van der Waals surface area contributed by atoms with Crippen LogP contribution in [0.3, 0.4) is 0 Å². The second-order valence-electron chi connectivity index (χ2n) is 5.52. The smallest absolute Gasteiger partial charge is 0.407 e. The van der Waals surface area contributed by atoms with Crippen molar-refractivity contribution in [3.8, 4) is 0 Å². The SMILES string of the molecule is C=CC1CC(=O)CC(NC(=O)OC(C)(C)C)C1. The van der Waals surface area contributed by atoms with Gasteiger partial charge >= 0.3 is 6.09 Å². The van der Waals surface area contributed by atoms with E-state index in [1.807, 2.05) is 20.8 Å². The molecule has 0 aromatic rings. The van der Waals surface area contributed by atoms with Gasteiger partial charge in [-0.15, -0.1) is 6.58 Å². The molecule has 0 heterocycles. The lowest BCUT2D eigenvalue weighted by molar-refractivity contribution is -0.121. The van der Waals surface area contributed by atoms with Crippen molar-refractivity contribution >= 4 is 11.9 Å². The molecule has 4 nitrogen and oxygen atoms in total. The zero-order chi connectivity index (χ0) is 13.1. The molecule has 4 heteroatoms. The molecule has 96 valence electrons. The Morgan fingerprint density at radius 1 is 1.47 bits per heavy atom. The number of rotatable bonds is 2. The number of Topliss-reactive ketones (excluding diaryl/α,β-unsaturated/α-hetero) is 1. The number of ether oxygens (including phenoxy) is 1. The van der Waals surface area contributed by atoms with E-state index in [1.54, 1.807) is 6.08 Å². The molecular weight excluding hydrogens is 218 g/mol. The van der Waals surface area contributed by atoms with E-state index < -0.39 is 11.7 Å². The van der Waals surface area contributed by atoms with E-state index >= 15 is 0 Å². The van der Waals surface area contributed by atoms with Crippen molar-refractivity contribution in [1.29, 1.82) is 0 Å². The van der Waals surface area contributed by atoms with Crippen LogP contribution in [0.2, 0.25) is 0 Å². The van der Waals surface area contributed by atoms with E-state index in [1.165, 1.54) is 0 Å². The zero-order valence-electron chi connectivity index (χ0n) is 10.8. The van der Waals surface area contributed by atoms with E-state index in [9.17, 15) is 9.59 Å². The summed E-state index contributed by atoms with van der Waals surface area (Å²) in [6.07, 6.45) is 3.01. The fraction of sp³-hybridized carbons (Fsp3) is 0.692. The summed E-state index contributed by atoms with van der Waals surface area (Å²) in [6.45, 7) is 9.13. The second-order valence-corrected chi connectivity index (χ2v) is 5.52. The Labute approximate surface area is 102 Å². The normalized spacial score (nSPS) is 25.2. The maximum atomic E-state index is 11.6. The lowest BCUT2D eigenvalue weighted by Gasteiger charge is -2.28. The minimum absolute atomic E-state index is 0.130. The van der Waals surface area contributed by atoms with Crippen LogP contribution >= 0.6 is 0 Å². The van der Waals surface area contributed by atoms with Gasteiger partial charge in [0, 0.05) is 18.9 Å². The maximum Gasteiger partial charge on any atom is 0.407 e. The topological polar surface area (TPSA) is 55.4 Å². The highest BCUT2D eigenvalue weighted by atomic mass is 16.6. The van der Waals surface area contributed by atoms with Crippen molar-refractivity contribution in [3.05, 3.63) is 12.7 Å². The Bertz CT molecular complexity index is 317. The standard InChI is InChI=1S/C13H21NO3/c1-5-9-6-10(8-11(15)7-9)14-12(16)17-13(2,3)4/h5,9-10H,1,6-8H2,2-4H3,(H,14,16). The molecule has 0 aromatic carbocycles. The van der Waals surface area contributed by atoms with Gasteiger partial charge in [-0.25, -0.2) is 4.79 Å². The summed E-state index contributed by atoms with van der Waals surface area (Å²) < 4.78 is 5.16. The van der Waals surface area contributed by atoms with Crippen molar-refractivity contribution in [1.82, 2.24) is 5.32 Å². The maximum absolute atomic E-state index is 11.6. The molecule has 2 unspecified atom stereocenters. The Balaban J connectivity index is 2.48. The van der Waals surface area contributed by atoms with Crippen LogP contribution in [0.15, 0.2) is 12.7 Å². The van der Waals surface area contributed by atoms with E-state index in [4.69, 9.17) is 4.74 Å².